The predicted octanol–water partition coefficient (Wildman–Crippen LogP) is 4.60. The number of nitrogens with zero attached hydrogens (tertiary/aromatic N) is 2. The largest absolute Gasteiger partial charge is 0.326 e. The van der Waals surface area contributed by atoms with E-state index in [1.54, 1.807) is 30.5 Å². The van der Waals surface area contributed by atoms with Crippen LogP contribution in [0.3, 0.4) is 0 Å². The van der Waals surface area contributed by atoms with E-state index < -0.39 is 0 Å². The first-order valence-corrected chi connectivity index (χ1v) is 9.82. The Balaban J connectivity index is 1.64. The van der Waals surface area contributed by atoms with Crippen LogP contribution in [0.4, 0.5) is 11.4 Å². The maximum atomic E-state index is 12.5. The number of nitrogens with one attached hydrogen (secondary N) is 2. The summed E-state index contributed by atoms with van der Waals surface area (Å²) >= 11 is 7.31. The lowest BCUT2D eigenvalue weighted by Crippen LogP contribution is -2.22. The maximum absolute atomic E-state index is 12.5. The van der Waals surface area contributed by atoms with Crippen LogP contribution in [-0.4, -0.2) is 26.6 Å². The van der Waals surface area contributed by atoms with E-state index in [1.807, 2.05) is 42.0 Å². The third-order valence-corrected chi connectivity index (χ3v) is 5.17. The number of carbonyl (C=O) groups excluding carboxylic acids is 2. The Morgan fingerprint density at radius 3 is 2.25 bits per heavy atom. The summed E-state index contributed by atoms with van der Waals surface area (Å²) in [6, 6.07) is 14.4. The molecule has 1 heterocycles. The molecule has 144 valence electrons. The normalized spacial score (nSPS) is 11.7. The first-order valence-electron chi connectivity index (χ1n) is 8.57. The van der Waals surface area contributed by atoms with E-state index in [0.717, 1.165) is 5.69 Å². The molecule has 0 bridgehead atoms. The summed E-state index contributed by atoms with van der Waals surface area (Å²) in [5.41, 5.74) is 2.26. The van der Waals surface area contributed by atoms with Gasteiger partial charge in [-0.25, -0.2) is 4.98 Å². The third-order valence-electron chi connectivity index (χ3n) is 3.84. The Morgan fingerprint density at radius 1 is 1.04 bits per heavy atom. The molecule has 0 fully saturated rings. The van der Waals surface area contributed by atoms with Crippen molar-refractivity contribution in [1.29, 1.82) is 0 Å². The first-order chi connectivity index (χ1) is 13.4. The van der Waals surface area contributed by atoms with Crippen LogP contribution in [0.25, 0.3) is 5.69 Å². The van der Waals surface area contributed by atoms with Crippen molar-refractivity contribution in [3.63, 3.8) is 0 Å². The van der Waals surface area contributed by atoms with E-state index >= 15 is 0 Å². The van der Waals surface area contributed by atoms with Gasteiger partial charge in [0.1, 0.15) is 0 Å². The second-order valence-corrected chi connectivity index (χ2v) is 7.81. The number of amides is 2. The van der Waals surface area contributed by atoms with Gasteiger partial charge in [0.05, 0.1) is 5.25 Å². The Morgan fingerprint density at radius 2 is 1.64 bits per heavy atom. The molecule has 2 N–H and O–H groups in total. The number of rotatable bonds is 6. The number of imidazole rings is 1. The standard InChI is InChI=1S/C20H19ClN4O2S/c1-13(19(27)24-17-7-5-16(6-8-17)23-14(2)26)28-20-22-11-12-25(20)18-9-3-15(21)4-10-18/h3-13H,1-2H3,(H,23,26)(H,24,27). The molecule has 2 amide bonds. The van der Waals surface area contributed by atoms with Crippen LogP contribution in [0.1, 0.15) is 13.8 Å². The minimum Gasteiger partial charge on any atom is -0.326 e. The average molecular weight is 415 g/mol. The molecule has 0 aliphatic rings. The molecule has 6 nitrogen and oxygen atoms in total. The molecule has 1 aromatic heterocycles. The molecule has 0 saturated heterocycles. The molecular formula is C20H19ClN4O2S. The van der Waals surface area contributed by atoms with Gasteiger partial charge in [-0.05, 0) is 55.5 Å². The molecule has 0 aliphatic heterocycles. The minimum atomic E-state index is -0.358. The molecular weight excluding hydrogens is 396 g/mol. The lowest BCUT2D eigenvalue weighted by molar-refractivity contribution is -0.115. The van der Waals surface area contributed by atoms with Gasteiger partial charge in [-0.15, -0.1) is 0 Å². The molecule has 3 aromatic rings. The van der Waals surface area contributed by atoms with Crippen molar-refractivity contribution in [1.82, 2.24) is 9.55 Å². The van der Waals surface area contributed by atoms with Gasteiger partial charge in [0.25, 0.3) is 0 Å². The maximum Gasteiger partial charge on any atom is 0.237 e. The van der Waals surface area contributed by atoms with Crippen LogP contribution >= 0.6 is 23.4 Å². The number of carbonyl (C=O) groups is 2. The second-order valence-electron chi connectivity index (χ2n) is 6.06. The lowest BCUT2D eigenvalue weighted by Gasteiger charge is -2.13. The zero-order chi connectivity index (χ0) is 20.1. The fourth-order valence-corrected chi connectivity index (χ4v) is 3.48. The Labute approximate surface area is 172 Å². The van der Waals surface area contributed by atoms with Crippen molar-refractivity contribution < 1.29 is 9.59 Å². The highest BCUT2D eigenvalue weighted by Crippen LogP contribution is 2.26. The van der Waals surface area contributed by atoms with E-state index in [2.05, 4.69) is 15.6 Å². The van der Waals surface area contributed by atoms with Crippen LogP contribution in [0.5, 0.6) is 0 Å². The van der Waals surface area contributed by atoms with Gasteiger partial charge in [-0.1, -0.05) is 23.4 Å². The van der Waals surface area contributed by atoms with Gasteiger partial charge in [0.15, 0.2) is 5.16 Å². The van der Waals surface area contributed by atoms with Crippen molar-refractivity contribution in [3.05, 3.63) is 65.9 Å². The van der Waals surface area contributed by atoms with Crippen LogP contribution in [0, 0.1) is 0 Å². The van der Waals surface area contributed by atoms with Crippen LogP contribution < -0.4 is 10.6 Å². The van der Waals surface area contributed by atoms with Crippen molar-refractivity contribution in [2.45, 2.75) is 24.3 Å². The highest BCUT2D eigenvalue weighted by atomic mass is 35.5. The summed E-state index contributed by atoms with van der Waals surface area (Å²) in [6.45, 7) is 3.27. The zero-order valence-corrected chi connectivity index (χ0v) is 16.9. The number of thioether (sulfide) groups is 1. The van der Waals surface area contributed by atoms with E-state index in [-0.39, 0.29) is 17.1 Å². The number of aromatic nitrogens is 2. The monoisotopic (exact) mass is 414 g/mol. The molecule has 28 heavy (non-hydrogen) atoms. The summed E-state index contributed by atoms with van der Waals surface area (Å²) in [4.78, 5) is 28.0. The first kappa shape index (κ1) is 20.0. The summed E-state index contributed by atoms with van der Waals surface area (Å²) in [6.07, 6.45) is 3.54. The highest BCUT2D eigenvalue weighted by molar-refractivity contribution is 8.00. The lowest BCUT2D eigenvalue weighted by atomic mass is 10.2. The number of anilines is 2. The SMILES string of the molecule is CC(=O)Nc1ccc(NC(=O)C(C)Sc2nccn2-c2ccc(Cl)cc2)cc1. The minimum absolute atomic E-state index is 0.136. The van der Waals surface area contributed by atoms with Gasteiger partial charge in [0.2, 0.25) is 11.8 Å². The summed E-state index contributed by atoms with van der Waals surface area (Å²) in [5.74, 6) is -0.277. The van der Waals surface area contributed by atoms with Gasteiger partial charge in [0, 0.05) is 41.4 Å². The topological polar surface area (TPSA) is 76.0 Å². The van der Waals surface area contributed by atoms with E-state index in [1.165, 1.54) is 18.7 Å². The van der Waals surface area contributed by atoms with Gasteiger partial charge < -0.3 is 10.6 Å². The third kappa shape index (κ3) is 5.15. The van der Waals surface area contributed by atoms with Crippen LogP contribution in [-0.2, 0) is 9.59 Å². The summed E-state index contributed by atoms with van der Waals surface area (Å²) in [5, 5.41) is 6.58. The average Bonchev–Trinajstić information content (AvgIpc) is 3.11. The van der Waals surface area contributed by atoms with Crippen molar-refractivity contribution in [3.8, 4) is 5.69 Å². The van der Waals surface area contributed by atoms with Gasteiger partial charge in [-0.2, -0.15) is 0 Å². The number of benzene rings is 2. The molecule has 1 atom stereocenters. The molecule has 2 aromatic carbocycles. The molecule has 1 unspecified atom stereocenters. The fraction of sp³-hybridized carbons (Fsp3) is 0.150. The molecule has 0 radical (unpaired) electrons. The zero-order valence-electron chi connectivity index (χ0n) is 15.3. The van der Waals surface area contributed by atoms with Crippen molar-refractivity contribution >= 4 is 46.6 Å². The predicted molar refractivity (Wildman–Crippen MR) is 113 cm³/mol. The summed E-state index contributed by atoms with van der Waals surface area (Å²) < 4.78 is 1.91. The van der Waals surface area contributed by atoms with Gasteiger partial charge >= 0.3 is 0 Å². The van der Waals surface area contributed by atoms with Gasteiger partial charge in [-0.3, -0.25) is 14.2 Å². The van der Waals surface area contributed by atoms with E-state index in [9.17, 15) is 9.59 Å². The molecule has 0 aliphatic carbocycles. The molecule has 0 saturated carbocycles. The van der Waals surface area contributed by atoms with Crippen molar-refractivity contribution in [2.24, 2.45) is 0 Å². The molecule has 0 spiro atoms. The molecule has 3 rings (SSSR count). The van der Waals surface area contributed by atoms with E-state index in [0.29, 0.717) is 21.6 Å². The second kappa shape index (κ2) is 8.95. The van der Waals surface area contributed by atoms with E-state index in [4.69, 9.17) is 11.6 Å². The summed E-state index contributed by atoms with van der Waals surface area (Å²) in [7, 11) is 0. The quantitative estimate of drug-likeness (QED) is 0.578. The highest BCUT2D eigenvalue weighted by Gasteiger charge is 2.18. The fourth-order valence-electron chi connectivity index (χ4n) is 2.47. The Bertz CT molecular complexity index is 971. The smallest absolute Gasteiger partial charge is 0.237 e. The Kier molecular flexibility index (Phi) is 6.38. The van der Waals surface area contributed by atoms with Crippen LogP contribution in [0.15, 0.2) is 66.1 Å². The van der Waals surface area contributed by atoms with Crippen molar-refractivity contribution in [2.75, 3.05) is 10.6 Å². The molecule has 8 heteroatoms. The van der Waals surface area contributed by atoms with Crippen LogP contribution in [0.2, 0.25) is 5.02 Å². The number of hydrogen-bond donors (Lipinski definition) is 2. The Hall–Kier alpha value is -2.77. The number of hydrogen-bond acceptors (Lipinski definition) is 4. The number of halogens is 1.